The predicted molar refractivity (Wildman–Crippen MR) is 54.7 cm³/mol. The van der Waals surface area contributed by atoms with E-state index in [4.69, 9.17) is 5.11 Å². The molecule has 2 N–H and O–H groups in total. The first-order chi connectivity index (χ1) is 7.63. The number of fused-ring (bicyclic) bond motifs is 1. The number of carbonyl (C=O) groups excluding carboxylic acids is 1. The zero-order valence-electron chi connectivity index (χ0n) is 8.11. The molecule has 1 aromatic heterocycles. The smallest absolute Gasteiger partial charge is 0.318 e. The van der Waals surface area contributed by atoms with Gasteiger partial charge in [0.05, 0.1) is 0 Å². The van der Waals surface area contributed by atoms with E-state index in [2.05, 4.69) is 4.98 Å². The molecule has 5 heteroatoms. The van der Waals surface area contributed by atoms with E-state index in [0.29, 0.717) is 17.2 Å². The van der Waals surface area contributed by atoms with Gasteiger partial charge in [0.2, 0.25) is 0 Å². The second kappa shape index (κ2) is 3.77. The average molecular weight is 221 g/mol. The van der Waals surface area contributed by atoms with Crippen molar-refractivity contribution in [1.82, 2.24) is 4.98 Å². The van der Waals surface area contributed by atoms with Gasteiger partial charge < -0.3 is 14.9 Å². The summed E-state index contributed by atoms with van der Waals surface area (Å²) in [6.07, 6.45) is 1.74. The zero-order chi connectivity index (χ0) is 11.7. The number of aliphatic carboxylic acids is 1. The van der Waals surface area contributed by atoms with Crippen molar-refractivity contribution in [3.63, 3.8) is 0 Å². The van der Waals surface area contributed by atoms with Crippen LogP contribution < -0.4 is 0 Å². The van der Waals surface area contributed by atoms with Crippen LogP contribution in [0.15, 0.2) is 24.4 Å². The summed E-state index contributed by atoms with van der Waals surface area (Å²) in [6, 6.07) is 3.97. The molecule has 0 aliphatic heterocycles. The summed E-state index contributed by atoms with van der Waals surface area (Å²) in [6.45, 7) is 0. The van der Waals surface area contributed by atoms with Gasteiger partial charge in [0.1, 0.15) is 18.0 Å². The van der Waals surface area contributed by atoms with Crippen LogP contribution in [0.3, 0.4) is 0 Å². The third kappa shape index (κ3) is 1.56. The van der Waals surface area contributed by atoms with Crippen molar-refractivity contribution in [3.8, 4) is 0 Å². The minimum Gasteiger partial charge on any atom is -0.480 e. The molecule has 4 nitrogen and oxygen atoms in total. The molecular weight excluding hydrogens is 213 g/mol. The second-order valence-corrected chi connectivity index (χ2v) is 3.39. The van der Waals surface area contributed by atoms with E-state index in [9.17, 15) is 14.0 Å². The molecule has 2 aromatic rings. The number of carboxylic acid groups (broad SMARTS) is 1. The first-order valence-corrected chi connectivity index (χ1v) is 4.58. The number of rotatable bonds is 3. The Morgan fingerprint density at radius 1 is 1.50 bits per heavy atom. The standard InChI is InChI=1S/C11H8FNO3/c12-6-1-2-10-7(3-6)8(4-13-10)9(5-14)11(15)16/h1-5,9,13H,(H,15,16). The highest BCUT2D eigenvalue weighted by Gasteiger charge is 2.22. The van der Waals surface area contributed by atoms with E-state index < -0.39 is 17.7 Å². The molecule has 0 aliphatic rings. The Morgan fingerprint density at radius 3 is 2.88 bits per heavy atom. The first-order valence-electron chi connectivity index (χ1n) is 4.58. The third-order valence-electron chi connectivity index (χ3n) is 2.41. The number of aromatic nitrogens is 1. The maximum Gasteiger partial charge on any atom is 0.318 e. The van der Waals surface area contributed by atoms with Crippen LogP contribution in [0.1, 0.15) is 11.5 Å². The molecule has 1 aromatic carbocycles. The van der Waals surface area contributed by atoms with Gasteiger partial charge in [-0.15, -0.1) is 0 Å². The van der Waals surface area contributed by atoms with Crippen LogP contribution in [0.4, 0.5) is 4.39 Å². The number of carboxylic acids is 1. The summed E-state index contributed by atoms with van der Waals surface area (Å²) >= 11 is 0. The molecule has 1 unspecified atom stereocenters. The van der Waals surface area contributed by atoms with Crippen LogP contribution in [0.5, 0.6) is 0 Å². The fourth-order valence-electron chi connectivity index (χ4n) is 1.64. The molecule has 1 heterocycles. The van der Waals surface area contributed by atoms with Gasteiger partial charge in [0.15, 0.2) is 0 Å². The zero-order valence-corrected chi connectivity index (χ0v) is 8.11. The Bertz CT molecular complexity index is 561. The molecular formula is C11H8FNO3. The molecule has 16 heavy (non-hydrogen) atoms. The maximum atomic E-state index is 13.0. The first kappa shape index (κ1) is 10.4. The Kier molecular flexibility index (Phi) is 2.44. The number of hydrogen-bond acceptors (Lipinski definition) is 2. The van der Waals surface area contributed by atoms with E-state index in [1.807, 2.05) is 0 Å². The predicted octanol–water partition coefficient (Wildman–Crippen LogP) is 1.67. The number of aromatic amines is 1. The molecule has 0 spiro atoms. The number of halogens is 1. The molecule has 2 rings (SSSR count). The van der Waals surface area contributed by atoms with Gasteiger partial charge in [-0.1, -0.05) is 0 Å². The SMILES string of the molecule is O=CC(C(=O)O)c1c[nH]c2ccc(F)cc12. The van der Waals surface area contributed by atoms with Gasteiger partial charge in [0.25, 0.3) is 0 Å². The highest BCUT2D eigenvalue weighted by molar-refractivity contribution is 5.98. The minimum absolute atomic E-state index is 0.275. The fourth-order valence-corrected chi connectivity index (χ4v) is 1.64. The van der Waals surface area contributed by atoms with Crippen LogP contribution in [-0.2, 0) is 9.59 Å². The highest BCUT2D eigenvalue weighted by atomic mass is 19.1. The molecule has 0 radical (unpaired) electrons. The van der Waals surface area contributed by atoms with Crippen LogP contribution in [0.2, 0.25) is 0 Å². The van der Waals surface area contributed by atoms with Crippen LogP contribution in [0, 0.1) is 5.82 Å². The molecule has 1 atom stereocenters. The van der Waals surface area contributed by atoms with Crippen molar-refractivity contribution in [2.75, 3.05) is 0 Å². The average Bonchev–Trinajstić information content (AvgIpc) is 2.62. The van der Waals surface area contributed by atoms with E-state index in [1.54, 1.807) is 0 Å². The Labute approximate surface area is 89.7 Å². The monoisotopic (exact) mass is 221 g/mol. The van der Waals surface area contributed by atoms with E-state index in [1.165, 1.54) is 24.4 Å². The van der Waals surface area contributed by atoms with Gasteiger partial charge in [-0.2, -0.15) is 0 Å². The van der Waals surface area contributed by atoms with Crippen molar-refractivity contribution in [3.05, 3.63) is 35.8 Å². The summed E-state index contributed by atoms with van der Waals surface area (Å²) in [5, 5.41) is 9.25. The number of benzene rings is 1. The Balaban J connectivity index is 2.64. The van der Waals surface area contributed by atoms with Crippen LogP contribution in [0.25, 0.3) is 10.9 Å². The topological polar surface area (TPSA) is 70.2 Å². The van der Waals surface area contributed by atoms with Crippen LogP contribution in [-0.4, -0.2) is 22.3 Å². The lowest BCUT2D eigenvalue weighted by Gasteiger charge is -2.02. The quantitative estimate of drug-likeness (QED) is 0.611. The number of hydrogen-bond donors (Lipinski definition) is 2. The summed E-state index contributed by atoms with van der Waals surface area (Å²) < 4.78 is 13.0. The highest BCUT2D eigenvalue weighted by Crippen LogP contribution is 2.25. The molecule has 0 fully saturated rings. The minimum atomic E-state index is -1.27. The number of carbonyl (C=O) groups is 2. The van der Waals surface area contributed by atoms with E-state index in [-0.39, 0.29) is 5.56 Å². The molecule has 82 valence electrons. The van der Waals surface area contributed by atoms with Gasteiger partial charge in [-0.3, -0.25) is 4.79 Å². The maximum absolute atomic E-state index is 13.0. The summed E-state index contributed by atoms with van der Waals surface area (Å²) in [7, 11) is 0. The molecule has 0 amide bonds. The molecule has 0 aliphatic carbocycles. The van der Waals surface area contributed by atoms with Gasteiger partial charge in [-0.05, 0) is 23.8 Å². The lowest BCUT2D eigenvalue weighted by molar-refractivity contribution is -0.140. The summed E-state index contributed by atoms with van der Waals surface area (Å²) in [5.74, 6) is -2.99. The Morgan fingerprint density at radius 2 is 2.25 bits per heavy atom. The fraction of sp³-hybridized carbons (Fsp3) is 0.0909. The molecule has 0 saturated carbocycles. The van der Waals surface area contributed by atoms with Gasteiger partial charge in [-0.25, -0.2) is 4.39 Å². The van der Waals surface area contributed by atoms with Crippen molar-refractivity contribution in [1.29, 1.82) is 0 Å². The molecule has 0 saturated heterocycles. The third-order valence-corrected chi connectivity index (χ3v) is 2.41. The van der Waals surface area contributed by atoms with Crippen molar-refractivity contribution < 1.29 is 19.1 Å². The summed E-state index contributed by atoms with van der Waals surface area (Å²) in [5.41, 5.74) is 0.876. The van der Waals surface area contributed by atoms with E-state index >= 15 is 0 Å². The lowest BCUT2D eigenvalue weighted by atomic mass is 10.0. The summed E-state index contributed by atoms with van der Waals surface area (Å²) in [4.78, 5) is 24.3. The number of H-pyrrole nitrogens is 1. The normalized spacial score (nSPS) is 12.6. The largest absolute Gasteiger partial charge is 0.480 e. The Hall–Kier alpha value is -2.17. The number of nitrogens with one attached hydrogen (secondary N) is 1. The second-order valence-electron chi connectivity index (χ2n) is 3.39. The van der Waals surface area contributed by atoms with Gasteiger partial charge in [0, 0.05) is 17.1 Å². The van der Waals surface area contributed by atoms with Crippen molar-refractivity contribution in [2.45, 2.75) is 5.92 Å². The lowest BCUT2D eigenvalue weighted by Crippen LogP contribution is -2.12. The number of aldehydes is 1. The van der Waals surface area contributed by atoms with Crippen LogP contribution >= 0.6 is 0 Å². The van der Waals surface area contributed by atoms with E-state index in [0.717, 1.165) is 0 Å². The molecule has 0 bridgehead atoms. The van der Waals surface area contributed by atoms with Crippen molar-refractivity contribution >= 4 is 23.2 Å². The van der Waals surface area contributed by atoms with Crippen molar-refractivity contribution in [2.24, 2.45) is 0 Å². The van der Waals surface area contributed by atoms with Gasteiger partial charge >= 0.3 is 5.97 Å².